The molecular weight excluding hydrogens is 364 g/mol. The first-order valence-electron chi connectivity index (χ1n) is 8.60. The molecule has 0 fully saturated rings. The lowest BCUT2D eigenvalue weighted by Crippen LogP contribution is -2.33. The van der Waals surface area contributed by atoms with E-state index in [2.05, 4.69) is 53.0 Å². The van der Waals surface area contributed by atoms with Gasteiger partial charge in [0.2, 0.25) is 6.23 Å². The van der Waals surface area contributed by atoms with E-state index in [-0.39, 0.29) is 12.3 Å². The highest BCUT2D eigenvalue weighted by atomic mass is 35.5. The zero-order valence-corrected chi connectivity index (χ0v) is 15.8. The Hall–Kier alpha value is -2.30. The molecule has 5 heteroatoms. The number of hydrogen-bond donors (Lipinski definition) is 0. The largest absolute Gasteiger partial charge is 0.464 e. The third-order valence-corrected chi connectivity index (χ3v) is 5.90. The van der Waals surface area contributed by atoms with Crippen LogP contribution in [0, 0.1) is 6.92 Å². The molecule has 3 heterocycles. The number of halogens is 1. The molecule has 0 saturated heterocycles. The number of rotatable bonds is 2. The maximum Gasteiger partial charge on any atom is 0.214 e. The monoisotopic (exact) mass is 380 g/mol. The number of thiophene rings is 1. The molecule has 3 nitrogen and oxygen atoms in total. The van der Waals surface area contributed by atoms with Crippen molar-refractivity contribution in [1.29, 1.82) is 0 Å². The Labute approximate surface area is 161 Å². The minimum absolute atomic E-state index is 0.138. The average molecular weight is 381 g/mol. The van der Waals surface area contributed by atoms with Crippen LogP contribution in [0.2, 0.25) is 5.02 Å². The van der Waals surface area contributed by atoms with Crippen LogP contribution in [-0.2, 0) is 0 Å². The van der Waals surface area contributed by atoms with Crippen LogP contribution in [0.15, 0.2) is 64.4 Å². The topological polar surface area (TPSA) is 24.8 Å². The second kappa shape index (κ2) is 6.15. The lowest BCUT2D eigenvalue weighted by atomic mass is 9.96. The molecule has 0 amide bonds. The maximum absolute atomic E-state index is 6.32. The number of hydrogen-bond acceptors (Lipinski definition) is 4. The van der Waals surface area contributed by atoms with Crippen LogP contribution in [0.5, 0.6) is 5.75 Å². The standard InChI is InChI=1S/C21H17ClN2OS/c1-13-2-4-14(5-3-13)18-11-19-17-10-16(22)6-7-20(17)25-21(24(19)23-18)15-8-9-26-12-15/h2-10,12,19,21H,11H2,1H3. The summed E-state index contributed by atoms with van der Waals surface area (Å²) in [6, 6.07) is 16.7. The van der Waals surface area contributed by atoms with E-state index < -0.39 is 0 Å². The second-order valence-corrected chi connectivity index (χ2v) is 7.94. The summed E-state index contributed by atoms with van der Waals surface area (Å²) < 4.78 is 6.32. The predicted octanol–water partition coefficient (Wildman–Crippen LogP) is 5.95. The number of ether oxygens (including phenoxy) is 1. The summed E-state index contributed by atoms with van der Waals surface area (Å²) in [4.78, 5) is 0. The lowest BCUT2D eigenvalue weighted by Gasteiger charge is -2.37. The molecule has 0 N–H and O–H groups in total. The van der Waals surface area contributed by atoms with Gasteiger partial charge in [-0.25, -0.2) is 5.01 Å². The molecule has 2 aliphatic rings. The van der Waals surface area contributed by atoms with Gasteiger partial charge in [0, 0.05) is 22.6 Å². The first-order chi connectivity index (χ1) is 12.7. The molecule has 3 aromatic rings. The average Bonchev–Trinajstić information content (AvgIpc) is 3.32. The zero-order chi connectivity index (χ0) is 17.7. The molecule has 0 spiro atoms. The van der Waals surface area contributed by atoms with Crippen molar-refractivity contribution in [3.05, 3.63) is 86.6 Å². The van der Waals surface area contributed by atoms with Gasteiger partial charge in [0.1, 0.15) is 5.75 Å². The number of fused-ring (bicyclic) bond motifs is 3. The summed E-state index contributed by atoms with van der Waals surface area (Å²) in [5, 5.41) is 12.0. The highest BCUT2D eigenvalue weighted by Gasteiger charge is 2.41. The van der Waals surface area contributed by atoms with Crippen LogP contribution in [-0.4, -0.2) is 10.7 Å². The summed E-state index contributed by atoms with van der Waals surface area (Å²) in [5.41, 5.74) is 5.75. The third kappa shape index (κ3) is 2.61. The van der Waals surface area contributed by atoms with Crippen molar-refractivity contribution in [2.45, 2.75) is 25.6 Å². The Bertz CT molecular complexity index is 982. The van der Waals surface area contributed by atoms with Gasteiger partial charge in [-0.2, -0.15) is 16.4 Å². The van der Waals surface area contributed by atoms with Crippen LogP contribution >= 0.6 is 22.9 Å². The zero-order valence-electron chi connectivity index (χ0n) is 14.2. The smallest absolute Gasteiger partial charge is 0.214 e. The molecule has 2 unspecified atom stereocenters. The summed E-state index contributed by atoms with van der Waals surface area (Å²) >= 11 is 7.94. The van der Waals surface area contributed by atoms with E-state index in [1.54, 1.807) is 11.3 Å². The lowest BCUT2D eigenvalue weighted by molar-refractivity contribution is -0.0187. The van der Waals surface area contributed by atoms with Crippen molar-refractivity contribution in [2.24, 2.45) is 5.10 Å². The number of benzene rings is 2. The van der Waals surface area contributed by atoms with Gasteiger partial charge in [-0.3, -0.25) is 0 Å². The van der Waals surface area contributed by atoms with Gasteiger partial charge < -0.3 is 4.74 Å². The van der Waals surface area contributed by atoms with Crippen LogP contribution in [0.1, 0.15) is 40.9 Å². The highest BCUT2D eigenvalue weighted by molar-refractivity contribution is 7.07. The fraction of sp³-hybridized carbons (Fsp3) is 0.190. The molecule has 2 aromatic carbocycles. The molecule has 1 aromatic heterocycles. The van der Waals surface area contributed by atoms with Crippen molar-refractivity contribution in [2.75, 3.05) is 0 Å². The summed E-state index contributed by atoms with van der Waals surface area (Å²) in [6.07, 6.45) is 0.642. The quantitative estimate of drug-likeness (QED) is 0.548. The predicted molar refractivity (Wildman–Crippen MR) is 106 cm³/mol. The Morgan fingerprint density at radius 2 is 2.00 bits per heavy atom. The fourth-order valence-corrected chi connectivity index (χ4v) is 4.46. The van der Waals surface area contributed by atoms with E-state index in [9.17, 15) is 0 Å². The molecule has 0 radical (unpaired) electrons. The van der Waals surface area contributed by atoms with Crippen molar-refractivity contribution in [3.63, 3.8) is 0 Å². The van der Waals surface area contributed by atoms with Crippen LogP contribution in [0.3, 0.4) is 0 Å². The molecule has 0 aliphatic carbocycles. The molecule has 5 rings (SSSR count). The van der Waals surface area contributed by atoms with E-state index in [0.717, 1.165) is 39.6 Å². The van der Waals surface area contributed by atoms with Gasteiger partial charge in [0.15, 0.2) is 0 Å². The van der Waals surface area contributed by atoms with Crippen LogP contribution in [0.4, 0.5) is 0 Å². The normalized spacial score (nSPS) is 21.0. The SMILES string of the molecule is Cc1ccc(C2=NN3C(C2)c2cc(Cl)ccc2OC3c2ccsc2)cc1. The van der Waals surface area contributed by atoms with Gasteiger partial charge >= 0.3 is 0 Å². The van der Waals surface area contributed by atoms with E-state index in [1.165, 1.54) is 5.56 Å². The van der Waals surface area contributed by atoms with Gasteiger partial charge in [0.05, 0.1) is 11.8 Å². The maximum atomic E-state index is 6.32. The van der Waals surface area contributed by atoms with Gasteiger partial charge in [0.25, 0.3) is 0 Å². The fourth-order valence-electron chi connectivity index (χ4n) is 3.61. The summed E-state index contributed by atoms with van der Waals surface area (Å²) in [6.45, 7) is 2.10. The molecular formula is C21H17ClN2OS. The highest BCUT2D eigenvalue weighted by Crippen LogP contribution is 2.48. The van der Waals surface area contributed by atoms with Gasteiger partial charge in [-0.1, -0.05) is 41.4 Å². The van der Waals surface area contributed by atoms with Gasteiger partial charge in [-0.05, 0) is 47.5 Å². The van der Waals surface area contributed by atoms with Crippen LogP contribution < -0.4 is 4.74 Å². The molecule has 0 bridgehead atoms. The third-order valence-electron chi connectivity index (χ3n) is 4.97. The number of aryl methyl sites for hydroxylation is 1. The number of nitrogens with zero attached hydrogens (tertiary/aromatic N) is 2. The van der Waals surface area contributed by atoms with Crippen molar-refractivity contribution >= 4 is 28.6 Å². The van der Waals surface area contributed by atoms with E-state index >= 15 is 0 Å². The minimum Gasteiger partial charge on any atom is -0.464 e. The Morgan fingerprint density at radius 1 is 1.15 bits per heavy atom. The van der Waals surface area contributed by atoms with Crippen molar-refractivity contribution in [3.8, 4) is 5.75 Å². The summed E-state index contributed by atoms with van der Waals surface area (Å²) in [5.74, 6) is 0.896. The van der Waals surface area contributed by atoms with E-state index in [1.807, 2.05) is 18.2 Å². The molecule has 2 aliphatic heterocycles. The van der Waals surface area contributed by atoms with E-state index in [0.29, 0.717) is 0 Å². The van der Waals surface area contributed by atoms with Crippen molar-refractivity contribution < 1.29 is 4.74 Å². The first-order valence-corrected chi connectivity index (χ1v) is 9.92. The first kappa shape index (κ1) is 15.9. The van der Waals surface area contributed by atoms with Crippen molar-refractivity contribution in [1.82, 2.24) is 5.01 Å². The Morgan fingerprint density at radius 3 is 2.77 bits per heavy atom. The molecule has 2 atom stereocenters. The van der Waals surface area contributed by atoms with Crippen LogP contribution in [0.25, 0.3) is 0 Å². The second-order valence-electron chi connectivity index (χ2n) is 6.72. The van der Waals surface area contributed by atoms with E-state index in [4.69, 9.17) is 21.4 Å². The summed E-state index contributed by atoms with van der Waals surface area (Å²) in [7, 11) is 0. The molecule has 26 heavy (non-hydrogen) atoms. The molecule has 0 saturated carbocycles. The molecule has 130 valence electrons. The minimum atomic E-state index is -0.206. The Kier molecular flexibility index (Phi) is 3.76. The Balaban J connectivity index is 1.60. The van der Waals surface area contributed by atoms with Gasteiger partial charge in [-0.15, -0.1) is 0 Å². The number of hydrazone groups is 1.